The van der Waals surface area contributed by atoms with Crippen molar-refractivity contribution in [1.82, 2.24) is 20.0 Å². The Bertz CT molecular complexity index is 944. The lowest BCUT2D eigenvalue weighted by Gasteiger charge is -2.35. The molecule has 174 valence electrons. The Labute approximate surface area is 196 Å². The van der Waals surface area contributed by atoms with Crippen LogP contribution in [-0.4, -0.2) is 63.6 Å². The second-order valence-electron chi connectivity index (χ2n) is 7.82. The van der Waals surface area contributed by atoms with Crippen LogP contribution in [0.3, 0.4) is 0 Å². The summed E-state index contributed by atoms with van der Waals surface area (Å²) in [4.78, 5) is 26.8. The fraction of sp³-hybridized carbons (Fsp3) is 0.476. The molecule has 0 saturated carbocycles. The number of aliphatic hydroxyl groups excluding tert-OH is 1. The Morgan fingerprint density at radius 2 is 1.97 bits per heavy atom. The molecule has 3 atom stereocenters. The Hall–Kier alpha value is -2.33. The molecule has 0 spiro atoms. The normalized spacial score (nSPS) is 19.5. The van der Waals surface area contributed by atoms with Crippen LogP contribution in [-0.2, 0) is 16.1 Å². The van der Waals surface area contributed by atoms with Crippen LogP contribution in [0.2, 0.25) is 10.0 Å². The van der Waals surface area contributed by atoms with Crippen LogP contribution in [0, 0.1) is 0 Å². The third-order valence-electron chi connectivity index (χ3n) is 5.03. The molecule has 1 saturated heterocycles. The standard InChI is InChI=1S/C21H27Cl2N5O4/c1-13-9-27(10-14(2)32-13)20(30)12-28-11-16(8-24-28)25-21(31)26-19(5-6-29)15-3-4-17(22)18(23)7-15/h3-4,7-8,11,13-14,19,29H,5-6,9-10,12H2,1-2H3,(H2,25,26,31). The van der Waals surface area contributed by atoms with E-state index >= 15 is 0 Å². The van der Waals surface area contributed by atoms with E-state index < -0.39 is 12.1 Å². The average Bonchev–Trinajstić information content (AvgIpc) is 3.15. The number of amides is 3. The van der Waals surface area contributed by atoms with E-state index in [0.717, 1.165) is 5.56 Å². The molecular formula is C21H27Cl2N5O4. The molecule has 1 aliphatic heterocycles. The summed E-state index contributed by atoms with van der Waals surface area (Å²) < 4.78 is 7.14. The predicted molar refractivity (Wildman–Crippen MR) is 122 cm³/mol. The minimum absolute atomic E-state index is 0.0105. The number of carbonyl (C=O) groups is 2. The minimum atomic E-state index is -0.476. The number of anilines is 1. The molecule has 0 aliphatic carbocycles. The van der Waals surface area contributed by atoms with Gasteiger partial charge in [-0.3, -0.25) is 9.48 Å². The number of aliphatic hydroxyl groups is 1. The second kappa shape index (κ2) is 11.0. The molecule has 0 bridgehead atoms. The van der Waals surface area contributed by atoms with Crippen LogP contribution in [0.15, 0.2) is 30.6 Å². The number of morpholine rings is 1. The van der Waals surface area contributed by atoms with Gasteiger partial charge < -0.3 is 25.4 Å². The maximum absolute atomic E-state index is 12.6. The number of nitrogens with one attached hydrogen (secondary N) is 2. The molecule has 11 heteroatoms. The highest BCUT2D eigenvalue weighted by Crippen LogP contribution is 2.27. The fourth-order valence-corrected chi connectivity index (χ4v) is 3.95. The highest BCUT2D eigenvalue weighted by Gasteiger charge is 2.26. The zero-order valence-electron chi connectivity index (χ0n) is 17.9. The zero-order valence-corrected chi connectivity index (χ0v) is 19.4. The van der Waals surface area contributed by atoms with Gasteiger partial charge in [-0.2, -0.15) is 5.10 Å². The molecule has 3 amide bonds. The van der Waals surface area contributed by atoms with Gasteiger partial charge in [0.1, 0.15) is 6.54 Å². The molecule has 1 aromatic heterocycles. The first kappa shape index (κ1) is 24.3. The highest BCUT2D eigenvalue weighted by molar-refractivity contribution is 6.42. The summed E-state index contributed by atoms with van der Waals surface area (Å²) >= 11 is 12.0. The number of hydrogen-bond donors (Lipinski definition) is 3. The van der Waals surface area contributed by atoms with E-state index in [0.29, 0.717) is 35.2 Å². The summed E-state index contributed by atoms with van der Waals surface area (Å²) in [5.74, 6) is -0.0614. The van der Waals surface area contributed by atoms with Crippen LogP contribution in [0.1, 0.15) is 31.9 Å². The monoisotopic (exact) mass is 483 g/mol. The fourth-order valence-electron chi connectivity index (χ4n) is 3.64. The molecule has 3 N–H and O–H groups in total. The van der Waals surface area contributed by atoms with Gasteiger partial charge in [-0.1, -0.05) is 29.3 Å². The third-order valence-corrected chi connectivity index (χ3v) is 5.77. The minimum Gasteiger partial charge on any atom is -0.396 e. The maximum atomic E-state index is 12.6. The number of urea groups is 1. The summed E-state index contributed by atoms with van der Waals surface area (Å²) in [6.45, 7) is 4.90. The Morgan fingerprint density at radius 3 is 2.62 bits per heavy atom. The van der Waals surface area contributed by atoms with E-state index in [1.807, 2.05) is 13.8 Å². The van der Waals surface area contributed by atoms with Crippen molar-refractivity contribution in [2.24, 2.45) is 0 Å². The number of aromatic nitrogens is 2. The molecule has 3 unspecified atom stereocenters. The summed E-state index contributed by atoms with van der Waals surface area (Å²) in [7, 11) is 0. The van der Waals surface area contributed by atoms with E-state index in [2.05, 4.69) is 15.7 Å². The van der Waals surface area contributed by atoms with Gasteiger partial charge in [0, 0.05) is 25.9 Å². The van der Waals surface area contributed by atoms with Crippen LogP contribution >= 0.6 is 23.2 Å². The van der Waals surface area contributed by atoms with Gasteiger partial charge in [-0.05, 0) is 38.0 Å². The topological polar surface area (TPSA) is 109 Å². The molecule has 2 heterocycles. The van der Waals surface area contributed by atoms with Gasteiger partial charge in [-0.25, -0.2) is 4.79 Å². The predicted octanol–water partition coefficient (Wildman–Crippen LogP) is 3.07. The Morgan fingerprint density at radius 1 is 1.25 bits per heavy atom. The molecule has 0 radical (unpaired) electrons. The van der Waals surface area contributed by atoms with E-state index in [-0.39, 0.29) is 31.3 Å². The number of ether oxygens (including phenoxy) is 1. The van der Waals surface area contributed by atoms with Gasteiger partial charge in [0.2, 0.25) is 5.91 Å². The average molecular weight is 484 g/mol. The lowest BCUT2D eigenvalue weighted by atomic mass is 10.0. The molecule has 2 aromatic rings. The van der Waals surface area contributed by atoms with Crippen molar-refractivity contribution in [3.63, 3.8) is 0 Å². The molecular weight excluding hydrogens is 457 g/mol. The molecule has 9 nitrogen and oxygen atoms in total. The van der Waals surface area contributed by atoms with Gasteiger partial charge >= 0.3 is 6.03 Å². The van der Waals surface area contributed by atoms with Gasteiger partial charge in [0.25, 0.3) is 0 Å². The number of benzene rings is 1. The van der Waals surface area contributed by atoms with Crippen molar-refractivity contribution in [1.29, 1.82) is 0 Å². The molecule has 1 aliphatic rings. The van der Waals surface area contributed by atoms with Crippen LogP contribution in [0.5, 0.6) is 0 Å². The van der Waals surface area contributed by atoms with Gasteiger partial charge in [-0.15, -0.1) is 0 Å². The summed E-state index contributed by atoms with van der Waals surface area (Å²) in [6, 6.07) is 4.10. The van der Waals surface area contributed by atoms with E-state index in [1.54, 1.807) is 29.3 Å². The van der Waals surface area contributed by atoms with Crippen molar-refractivity contribution < 1.29 is 19.4 Å². The Kier molecular flexibility index (Phi) is 8.36. The number of carbonyl (C=O) groups excluding carboxylic acids is 2. The van der Waals surface area contributed by atoms with Crippen molar-refractivity contribution in [2.75, 3.05) is 25.0 Å². The largest absolute Gasteiger partial charge is 0.396 e. The maximum Gasteiger partial charge on any atom is 0.319 e. The summed E-state index contributed by atoms with van der Waals surface area (Å²) in [6.07, 6.45) is 3.34. The lowest BCUT2D eigenvalue weighted by molar-refractivity contribution is -0.144. The molecule has 1 fully saturated rings. The number of nitrogens with zero attached hydrogens (tertiary/aromatic N) is 3. The molecule has 32 heavy (non-hydrogen) atoms. The quantitative estimate of drug-likeness (QED) is 0.560. The second-order valence-corrected chi connectivity index (χ2v) is 8.63. The van der Waals surface area contributed by atoms with Crippen LogP contribution in [0.4, 0.5) is 10.5 Å². The van der Waals surface area contributed by atoms with Crippen molar-refractivity contribution in [3.05, 3.63) is 46.2 Å². The first-order valence-electron chi connectivity index (χ1n) is 10.3. The zero-order chi connectivity index (χ0) is 23.3. The van der Waals surface area contributed by atoms with E-state index in [9.17, 15) is 14.7 Å². The van der Waals surface area contributed by atoms with E-state index in [1.165, 1.54) is 10.9 Å². The molecule has 3 rings (SSSR count). The van der Waals surface area contributed by atoms with Crippen LogP contribution in [0.25, 0.3) is 0 Å². The van der Waals surface area contributed by atoms with Crippen LogP contribution < -0.4 is 10.6 Å². The first-order valence-corrected chi connectivity index (χ1v) is 11.1. The number of halogens is 2. The molecule has 1 aromatic carbocycles. The smallest absolute Gasteiger partial charge is 0.319 e. The Balaban J connectivity index is 1.57. The van der Waals surface area contributed by atoms with Crippen molar-refractivity contribution in [3.8, 4) is 0 Å². The van der Waals surface area contributed by atoms with Crippen molar-refractivity contribution in [2.45, 2.75) is 45.1 Å². The van der Waals surface area contributed by atoms with Gasteiger partial charge in [0.05, 0.1) is 40.2 Å². The third kappa shape index (κ3) is 6.59. The van der Waals surface area contributed by atoms with Gasteiger partial charge in [0.15, 0.2) is 0 Å². The van der Waals surface area contributed by atoms with E-state index in [4.69, 9.17) is 27.9 Å². The SMILES string of the molecule is CC1CN(C(=O)Cn2cc(NC(=O)NC(CCO)c3ccc(Cl)c(Cl)c3)cn2)CC(C)O1. The number of rotatable bonds is 7. The number of hydrogen-bond acceptors (Lipinski definition) is 5. The van der Waals surface area contributed by atoms with Crippen molar-refractivity contribution >= 4 is 40.8 Å². The summed E-state index contributed by atoms with van der Waals surface area (Å²) in [5.41, 5.74) is 1.16. The first-order chi connectivity index (χ1) is 15.2. The highest BCUT2D eigenvalue weighted by atomic mass is 35.5. The summed E-state index contributed by atoms with van der Waals surface area (Å²) in [5, 5.41) is 19.8. The lowest BCUT2D eigenvalue weighted by Crippen LogP contribution is -2.49.